The number of nitrogens with one attached hydrogen (secondary N) is 3. The minimum atomic E-state index is -0.358. The number of urea groups is 1. The molecule has 0 spiro atoms. The number of aromatic nitrogens is 4. The van der Waals surface area contributed by atoms with Gasteiger partial charge in [-0.2, -0.15) is 5.10 Å². The van der Waals surface area contributed by atoms with Gasteiger partial charge in [0.1, 0.15) is 11.3 Å². The van der Waals surface area contributed by atoms with Crippen LogP contribution in [-0.2, 0) is 6.54 Å². The molecule has 3 heterocycles. The smallest absolute Gasteiger partial charge is 0.323 e. The van der Waals surface area contributed by atoms with Gasteiger partial charge in [-0.15, -0.1) is 0 Å². The number of hydrogen-bond donors (Lipinski definition) is 4. The second-order valence-electron chi connectivity index (χ2n) is 7.59. The Morgan fingerprint density at radius 2 is 1.85 bits per heavy atom. The van der Waals surface area contributed by atoms with E-state index >= 15 is 0 Å². The molecule has 5 rings (SSSR count). The van der Waals surface area contributed by atoms with Gasteiger partial charge in [-0.3, -0.25) is 4.68 Å². The summed E-state index contributed by atoms with van der Waals surface area (Å²) in [5.41, 5.74) is 12.4. The maximum Gasteiger partial charge on any atom is 0.323 e. The zero-order valence-electron chi connectivity index (χ0n) is 18.0. The first kappa shape index (κ1) is 20.3. The van der Waals surface area contributed by atoms with Crippen LogP contribution in [0.3, 0.4) is 0 Å². The molecule has 0 radical (unpaired) electrons. The van der Waals surface area contributed by atoms with Crippen molar-refractivity contribution in [1.82, 2.24) is 19.7 Å². The Kier molecular flexibility index (Phi) is 5.24. The van der Waals surface area contributed by atoms with E-state index in [0.29, 0.717) is 17.1 Å². The highest BCUT2D eigenvalue weighted by Gasteiger charge is 2.16. The highest BCUT2D eigenvalue weighted by molar-refractivity contribution is 6.02. The fraction of sp³-hybridized carbons (Fsp3) is 0.0800. The van der Waals surface area contributed by atoms with Gasteiger partial charge in [-0.1, -0.05) is 24.3 Å². The molecule has 0 bridgehead atoms. The van der Waals surface area contributed by atoms with Crippen molar-refractivity contribution in [3.05, 3.63) is 79.3 Å². The van der Waals surface area contributed by atoms with Gasteiger partial charge in [0.2, 0.25) is 0 Å². The number of rotatable bonds is 5. The standard InChI is InChI=1S/C25H23N7O/c1-2-32-15-20(18-11-13-27-24-19(18)12-14-28-24)23(31-32)16-7-9-17(10-8-16)29-25(33)30-22-6-4-3-5-21(22)26/h3-15H,2,26H2,1H3,(H,27,28)(H2,29,30,33). The maximum absolute atomic E-state index is 12.4. The number of nitrogen functional groups attached to an aromatic ring is 1. The molecular weight excluding hydrogens is 414 g/mol. The molecular formula is C25H23N7O. The van der Waals surface area contributed by atoms with Crippen molar-refractivity contribution >= 4 is 34.1 Å². The number of pyridine rings is 1. The van der Waals surface area contributed by atoms with Crippen molar-refractivity contribution in [3.8, 4) is 22.4 Å². The summed E-state index contributed by atoms with van der Waals surface area (Å²) in [5, 5.41) is 11.4. The molecule has 0 aliphatic heterocycles. The Labute approximate surface area is 190 Å². The third kappa shape index (κ3) is 4.01. The van der Waals surface area contributed by atoms with Crippen LogP contribution in [0.5, 0.6) is 0 Å². The van der Waals surface area contributed by atoms with Crippen molar-refractivity contribution < 1.29 is 4.79 Å². The number of aryl methyl sites for hydroxylation is 1. The van der Waals surface area contributed by atoms with E-state index in [-0.39, 0.29) is 6.03 Å². The fourth-order valence-corrected chi connectivity index (χ4v) is 3.80. The van der Waals surface area contributed by atoms with E-state index in [1.807, 2.05) is 59.4 Å². The lowest BCUT2D eigenvalue weighted by molar-refractivity contribution is 0.262. The normalized spacial score (nSPS) is 10.9. The van der Waals surface area contributed by atoms with Gasteiger partial charge in [-0.05, 0) is 48.9 Å². The number of nitrogens with zero attached hydrogens (tertiary/aromatic N) is 3. The van der Waals surface area contributed by atoms with E-state index in [1.54, 1.807) is 18.3 Å². The molecule has 0 atom stereocenters. The molecule has 2 aromatic carbocycles. The number of hydrogen-bond acceptors (Lipinski definition) is 4. The quantitative estimate of drug-likeness (QED) is 0.278. The molecule has 0 saturated carbocycles. The number of H-pyrrole nitrogens is 1. The summed E-state index contributed by atoms with van der Waals surface area (Å²) in [6, 6.07) is 18.4. The van der Waals surface area contributed by atoms with E-state index in [9.17, 15) is 4.79 Å². The number of carbonyl (C=O) groups is 1. The second-order valence-corrected chi connectivity index (χ2v) is 7.59. The molecule has 5 N–H and O–H groups in total. The van der Waals surface area contributed by atoms with Gasteiger partial charge in [0.05, 0.1) is 11.4 Å². The Bertz CT molecular complexity index is 1430. The van der Waals surface area contributed by atoms with Crippen LogP contribution in [0.2, 0.25) is 0 Å². The molecule has 33 heavy (non-hydrogen) atoms. The number of benzene rings is 2. The summed E-state index contributed by atoms with van der Waals surface area (Å²) in [6.07, 6.45) is 5.74. The molecule has 0 fully saturated rings. The third-order valence-corrected chi connectivity index (χ3v) is 5.46. The molecule has 8 nitrogen and oxygen atoms in total. The van der Waals surface area contributed by atoms with Gasteiger partial charge < -0.3 is 21.4 Å². The zero-order chi connectivity index (χ0) is 22.8. The molecule has 0 aliphatic rings. The molecule has 164 valence electrons. The second kappa shape index (κ2) is 8.51. The summed E-state index contributed by atoms with van der Waals surface area (Å²) in [4.78, 5) is 19.9. The first-order valence-corrected chi connectivity index (χ1v) is 10.6. The van der Waals surface area contributed by atoms with Gasteiger partial charge in [0.25, 0.3) is 0 Å². The Morgan fingerprint density at radius 3 is 2.64 bits per heavy atom. The van der Waals surface area contributed by atoms with E-state index in [0.717, 1.165) is 40.0 Å². The fourth-order valence-electron chi connectivity index (χ4n) is 3.80. The number of anilines is 3. The summed E-state index contributed by atoms with van der Waals surface area (Å²) in [7, 11) is 0. The zero-order valence-corrected chi connectivity index (χ0v) is 18.0. The minimum Gasteiger partial charge on any atom is -0.397 e. The molecule has 2 amide bonds. The van der Waals surface area contributed by atoms with Crippen LogP contribution < -0.4 is 16.4 Å². The van der Waals surface area contributed by atoms with E-state index < -0.39 is 0 Å². The highest BCUT2D eigenvalue weighted by atomic mass is 16.2. The highest BCUT2D eigenvalue weighted by Crippen LogP contribution is 2.35. The van der Waals surface area contributed by atoms with Crippen molar-refractivity contribution in [1.29, 1.82) is 0 Å². The number of carbonyl (C=O) groups excluding carboxylic acids is 1. The molecule has 0 aliphatic carbocycles. The number of amides is 2. The van der Waals surface area contributed by atoms with Crippen molar-refractivity contribution in [2.24, 2.45) is 0 Å². The first-order chi connectivity index (χ1) is 16.1. The Hall–Kier alpha value is -4.59. The number of fused-ring (bicyclic) bond motifs is 1. The van der Waals surface area contributed by atoms with E-state index in [1.165, 1.54) is 0 Å². The van der Waals surface area contributed by atoms with Gasteiger partial charge in [-0.25, -0.2) is 9.78 Å². The van der Waals surface area contributed by atoms with Crippen molar-refractivity contribution in [3.63, 3.8) is 0 Å². The SMILES string of the molecule is CCn1cc(-c2ccnc3[nH]ccc23)c(-c2ccc(NC(=O)Nc3ccccc3N)cc2)n1. The summed E-state index contributed by atoms with van der Waals surface area (Å²) >= 11 is 0. The molecule has 0 unspecified atom stereocenters. The lowest BCUT2D eigenvalue weighted by Gasteiger charge is -2.10. The molecule has 3 aromatic heterocycles. The topological polar surface area (TPSA) is 114 Å². The largest absolute Gasteiger partial charge is 0.397 e. The van der Waals surface area contributed by atoms with Gasteiger partial charge >= 0.3 is 6.03 Å². The van der Waals surface area contributed by atoms with Crippen molar-refractivity contribution in [2.45, 2.75) is 13.5 Å². The molecule has 8 heteroatoms. The van der Waals surface area contributed by atoms with Crippen LogP contribution in [0.25, 0.3) is 33.4 Å². The summed E-state index contributed by atoms with van der Waals surface area (Å²) in [5.74, 6) is 0. The van der Waals surface area contributed by atoms with Crippen LogP contribution in [0.4, 0.5) is 21.9 Å². The summed E-state index contributed by atoms with van der Waals surface area (Å²) < 4.78 is 1.92. The minimum absolute atomic E-state index is 0.358. The van der Waals surface area contributed by atoms with Gasteiger partial charge in [0, 0.05) is 47.3 Å². The van der Waals surface area contributed by atoms with Crippen LogP contribution in [0.1, 0.15) is 6.92 Å². The van der Waals surface area contributed by atoms with Crippen LogP contribution in [0, 0.1) is 0 Å². The van der Waals surface area contributed by atoms with Gasteiger partial charge in [0.15, 0.2) is 0 Å². The lowest BCUT2D eigenvalue weighted by Crippen LogP contribution is -2.20. The van der Waals surface area contributed by atoms with Crippen LogP contribution in [-0.4, -0.2) is 25.8 Å². The first-order valence-electron chi connectivity index (χ1n) is 10.6. The molecule has 5 aromatic rings. The number of nitrogens with two attached hydrogens (primary N) is 1. The lowest BCUT2D eigenvalue weighted by atomic mass is 10.0. The Morgan fingerprint density at radius 1 is 1.03 bits per heavy atom. The number of para-hydroxylation sites is 2. The van der Waals surface area contributed by atoms with Crippen LogP contribution >= 0.6 is 0 Å². The predicted molar refractivity (Wildman–Crippen MR) is 132 cm³/mol. The average Bonchev–Trinajstić information content (AvgIpc) is 3.48. The van der Waals surface area contributed by atoms with Crippen LogP contribution in [0.15, 0.2) is 79.3 Å². The van der Waals surface area contributed by atoms with E-state index in [2.05, 4.69) is 33.7 Å². The maximum atomic E-state index is 12.4. The average molecular weight is 438 g/mol. The Balaban J connectivity index is 1.42. The predicted octanol–water partition coefficient (Wildman–Crippen LogP) is 5.34. The molecule has 0 saturated heterocycles. The number of aromatic amines is 1. The van der Waals surface area contributed by atoms with Crippen molar-refractivity contribution in [2.75, 3.05) is 16.4 Å². The summed E-state index contributed by atoms with van der Waals surface area (Å²) in [6.45, 7) is 2.82. The monoisotopic (exact) mass is 437 g/mol. The third-order valence-electron chi connectivity index (χ3n) is 5.46. The van der Waals surface area contributed by atoms with E-state index in [4.69, 9.17) is 10.8 Å².